The quantitative estimate of drug-likeness (QED) is 0.420. The summed E-state index contributed by atoms with van der Waals surface area (Å²) >= 11 is 0. The molecule has 0 radical (unpaired) electrons. The first-order valence-electron chi connectivity index (χ1n) is 8.65. The molecule has 1 aromatic rings. The van der Waals surface area contributed by atoms with E-state index in [9.17, 15) is 19.2 Å². The molecule has 1 atom stereocenters. The summed E-state index contributed by atoms with van der Waals surface area (Å²) in [7, 11) is 0. The summed E-state index contributed by atoms with van der Waals surface area (Å²) in [6.07, 6.45) is 2.10. The number of amides is 2. The fourth-order valence-corrected chi connectivity index (χ4v) is 2.91. The number of hydrogen-bond donors (Lipinski definition) is 0. The number of carbonyl (C=O) groups excluding carboxylic acids is 4. The molecule has 0 bridgehead atoms. The molecule has 2 amide bonds. The number of imide groups is 1. The molecule has 1 saturated heterocycles. The summed E-state index contributed by atoms with van der Waals surface area (Å²) in [6, 6.07) is 4.65. The van der Waals surface area contributed by atoms with E-state index in [0.717, 1.165) is 12.8 Å². The van der Waals surface area contributed by atoms with Gasteiger partial charge in [0.2, 0.25) is 11.8 Å². The van der Waals surface area contributed by atoms with Crippen molar-refractivity contribution in [1.29, 1.82) is 0 Å². The van der Waals surface area contributed by atoms with Gasteiger partial charge in [-0.05, 0) is 24.5 Å². The minimum Gasteiger partial charge on any atom is -0.427 e. The molecule has 1 aliphatic heterocycles. The van der Waals surface area contributed by atoms with Crippen molar-refractivity contribution >= 4 is 23.8 Å². The van der Waals surface area contributed by atoms with Gasteiger partial charge in [-0.3, -0.25) is 24.1 Å². The molecule has 1 unspecified atom stereocenters. The normalized spacial score (nSPS) is 16.7. The lowest BCUT2D eigenvalue weighted by Crippen LogP contribution is -2.32. The monoisotopic (exact) mass is 361 g/mol. The molecule has 7 heteroatoms. The number of carbonyl (C=O) groups is 4. The first-order chi connectivity index (χ1) is 12.3. The molecular weight excluding hydrogens is 338 g/mol. The molecule has 7 nitrogen and oxygen atoms in total. The van der Waals surface area contributed by atoms with E-state index >= 15 is 0 Å². The van der Waals surface area contributed by atoms with Crippen molar-refractivity contribution in [2.75, 3.05) is 6.54 Å². The summed E-state index contributed by atoms with van der Waals surface area (Å²) < 4.78 is 10.2. The van der Waals surface area contributed by atoms with Gasteiger partial charge in [0.1, 0.15) is 11.5 Å². The standard InChI is InChI=1S/C19H23NO6/c1-4-5-8-20-18(23)10-15(19(20)24)9-14-6-7-16(25-12(2)21)11-17(14)26-13(3)22/h6-7,11,15H,4-5,8-10H2,1-3H3. The third-order valence-corrected chi connectivity index (χ3v) is 4.09. The Morgan fingerprint density at radius 1 is 1.15 bits per heavy atom. The number of ether oxygens (including phenoxy) is 2. The Morgan fingerprint density at radius 2 is 1.85 bits per heavy atom. The highest BCUT2D eigenvalue weighted by atomic mass is 16.5. The van der Waals surface area contributed by atoms with E-state index in [2.05, 4.69) is 0 Å². The highest BCUT2D eigenvalue weighted by Gasteiger charge is 2.38. The van der Waals surface area contributed by atoms with Gasteiger partial charge in [0.05, 0.1) is 5.92 Å². The van der Waals surface area contributed by atoms with Crippen LogP contribution in [0.4, 0.5) is 0 Å². The van der Waals surface area contributed by atoms with Gasteiger partial charge in [-0.25, -0.2) is 0 Å². The van der Waals surface area contributed by atoms with Crippen LogP contribution in [0.25, 0.3) is 0 Å². The summed E-state index contributed by atoms with van der Waals surface area (Å²) in [5, 5.41) is 0. The first kappa shape index (κ1) is 19.6. The minimum atomic E-state index is -0.523. The maximum Gasteiger partial charge on any atom is 0.308 e. The van der Waals surface area contributed by atoms with Gasteiger partial charge in [0.15, 0.2) is 0 Å². The Bertz CT molecular complexity index is 727. The maximum absolute atomic E-state index is 12.5. The van der Waals surface area contributed by atoms with Crippen LogP contribution in [0.2, 0.25) is 0 Å². The largest absolute Gasteiger partial charge is 0.427 e. The van der Waals surface area contributed by atoms with Crippen molar-refractivity contribution in [2.24, 2.45) is 5.92 Å². The Morgan fingerprint density at radius 3 is 2.46 bits per heavy atom. The van der Waals surface area contributed by atoms with Crippen LogP contribution in [-0.4, -0.2) is 35.2 Å². The molecule has 1 heterocycles. The van der Waals surface area contributed by atoms with E-state index in [0.29, 0.717) is 12.1 Å². The number of hydrogen-bond acceptors (Lipinski definition) is 6. The maximum atomic E-state index is 12.5. The number of rotatable bonds is 7. The van der Waals surface area contributed by atoms with E-state index in [-0.39, 0.29) is 36.2 Å². The van der Waals surface area contributed by atoms with Crippen molar-refractivity contribution in [3.05, 3.63) is 23.8 Å². The molecule has 0 aromatic heterocycles. The van der Waals surface area contributed by atoms with Crippen LogP contribution >= 0.6 is 0 Å². The van der Waals surface area contributed by atoms with Gasteiger partial charge in [-0.1, -0.05) is 19.4 Å². The van der Waals surface area contributed by atoms with Crippen LogP contribution in [0.3, 0.4) is 0 Å². The average molecular weight is 361 g/mol. The van der Waals surface area contributed by atoms with E-state index < -0.39 is 17.9 Å². The minimum absolute atomic E-state index is 0.147. The van der Waals surface area contributed by atoms with Gasteiger partial charge in [-0.15, -0.1) is 0 Å². The Hall–Kier alpha value is -2.70. The second-order valence-electron chi connectivity index (χ2n) is 6.30. The van der Waals surface area contributed by atoms with Crippen LogP contribution < -0.4 is 9.47 Å². The lowest BCUT2D eigenvalue weighted by atomic mass is 9.97. The van der Waals surface area contributed by atoms with Gasteiger partial charge >= 0.3 is 11.9 Å². The molecule has 0 saturated carbocycles. The number of unbranched alkanes of at least 4 members (excludes halogenated alkanes) is 1. The Balaban J connectivity index is 2.19. The third kappa shape index (κ3) is 4.91. The molecule has 0 spiro atoms. The highest BCUT2D eigenvalue weighted by molar-refractivity contribution is 6.03. The second kappa shape index (κ2) is 8.60. The van der Waals surface area contributed by atoms with Crippen molar-refractivity contribution in [3.63, 3.8) is 0 Å². The molecule has 1 aromatic carbocycles. The van der Waals surface area contributed by atoms with Crippen LogP contribution in [0.15, 0.2) is 18.2 Å². The van der Waals surface area contributed by atoms with E-state index in [1.807, 2.05) is 6.92 Å². The van der Waals surface area contributed by atoms with Gasteiger partial charge in [0, 0.05) is 32.9 Å². The van der Waals surface area contributed by atoms with Crippen molar-refractivity contribution in [2.45, 2.75) is 46.5 Å². The van der Waals surface area contributed by atoms with Gasteiger partial charge < -0.3 is 9.47 Å². The summed E-state index contributed by atoms with van der Waals surface area (Å²) in [5.41, 5.74) is 0.611. The zero-order valence-electron chi connectivity index (χ0n) is 15.2. The Labute approximate surface area is 152 Å². The van der Waals surface area contributed by atoms with Crippen LogP contribution in [0.5, 0.6) is 11.5 Å². The second-order valence-corrected chi connectivity index (χ2v) is 6.30. The summed E-state index contributed by atoms with van der Waals surface area (Å²) in [6.45, 7) is 4.97. The summed E-state index contributed by atoms with van der Waals surface area (Å²) in [4.78, 5) is 48.4. The lowest BCUT2D eigenvalue weighted by Gasteiger charge is -2.15. The lowest BCUT2D eigenvalue weighted by molar-refractivity contribution is -0.139. The molecule has 0 N–H and O–H groups in total. The smallest absolute Gasteiger partial charge is 0.308 e. The van der Waals surface area contributed by atoms with Crippen LogP contribution in [0.1, 0.15) is 45.6 Å². The van der Waals surface area contributed by atoms with E-state index in [1.165, 1.54) is 24.8 Å². The van der Waals surface area contributed by atoms with Crippen molar-refractivity contribution in [1.82, 2.24) is 4.90 Å². The third-order valence-electron chi connectivity index (χ3n) is 4.09. The van der Waals surface area contributed by atoms with Crippen LogP contribution in [-0.2, 0) is 25.6 Å². The molecular formula is C19H23NO6. The van der Waals surface area contributed by atoms with E-state index in [4.69, 9.17) is 9.47 Å². The number of likely N-dealkylation sites (tertiary alicyclic amines) is 1. The molecule has 2 rings (SSSR count). The van der Waals surface area contributed by atoms with Gasteiger partial charge in [-0.2, -0.15) is 0 Å². The van der Waals surface area contributed by atoms with Crippen molar-refractivity contribution in [3.8, 4) is 11.5 Å². The zero-order valence-corrected chi connectivity index (χ0v) is 15.2. The first-order valence-corrected chi connectivity index (χ1v) is 8.65. The SMILES string of the molecule is CCCCN1C(=O)CC(Cc2ccc(OC(C)=O)cc2OC(C)=O)C1=O. The predicted octanol–water partition coefficient (Wildman–Crippen LogP) is 2.25. The average Bonchev–Trinajstić information content (AvgIpc) is 2.81. The zero-order chi connectivity index (χ0) is 19.3. The van der Waals surface area contributed by atoms with Crippen molar-refractivity contribution < 1.29 is 28.7 Å². The Kier molecular flexibility index (Phi) is 6.49. The molecule has 26 heavy (non-hydrogen) atoms. The van der Waals surface area contributed by atoms with Crippen LogP contribution in [0, 0.1) is 5.92 Å². The molecule has 140 valence electrons. The predicted molar refractivity (Wildman–Crippen MR) is 92.5 cm³/mol. The van der Waals surface area contributed by atoms with E-state index in [1.54, 1.807) is 12.1 Å². The number of esters is 2. The number of nitrogens with zero attached hydrogens (tertiary/aromatic N) is 1. The topological polar surface area (TPSA) is 90.0 Å². The highest BCUT2D eigenvalue weighted by Crippen LogP contribution is 2.31. The molecule has 1 fully saturated rings. The summed E-state index contributed by atoms with van der Waals surface area (Å²) in [5.74, 6) is -1.38. The fraction of sp³-hybridized carbons (Fsp3) is 0.474. The fourth-order valence-electron chi connectivity index (χ4n) is 2.91. The van der Waals surface area contributed by atoms with Gasteiger partial charge in [0.25, 0.3) is 0 Å². The number of benzene rings is 1. The molecule has 0 aliphatic carbocycles. The molecule has 1 aliphatic rings.